The van der Waals surface area contributed by atoms with Crippen LogP contribution in [0.5, 0.6) is 0 Å². The number of nitrogen functional groups attached to an aromatic ring is 2. The Labute approximate surface area is 126 Å². The van der Waals surface area contributed by atoms with Crippen LogP contribution in [-0.2, 0) is 6.54 Å². The van der Waals surface area contributed by atoms with Crippen LogP contribution >= 0.6 is 0 Å². The second-order valence-electron chi connectivity index (χ2n) is 4.93. The Kier molecular flexibility index (Phi) is 3.46. The number of benzene rings is 1. The molecule has 5 N–H and O–H groups in total. The standard InChI is InChI=1S/C15H15FN6/c1-8-9(6-19-11-4-2-10(16)3-5-11)7-20-14-12(8)13(17)21-15(18)22-14/h2-5,7,19H,6H2,1H3,(H4,17,18,20,21,22). The predicted molar refractivity (Wildman–Crippen MR) is 84.6 cm³/mol. The molecule has 22 heavy (non-hydrogen) atoms. The summed E-state index contributed by atoms with van der Waals surface area (Å²) >= 11 is 0. The third-order valence-corrected chi connectivity index (χ3v) is 3.46. The molecule has 2 aromatic heterocycles. The predicted octanol–water partition coefficient (Wildman–Crippen LogP) is 2.25. The molecule has 112 valence electrons. The molecule has 2 heterocycles. The lowest BCUT2D eigenvalue weighted by Gasteiger charge is -2.11. The zero-order chi connectivity index (χ0) is 15.7. The lowest BCUT2D eigenvalue weighted by molar-refractivity contribution is 0.628. The van der Waals surface area contributed by atoms with Crippen LogP contribution in [0.2, 0.25) is 0 Å². The molecule has 0 aliphatic carbocycles. The average Bonchev–Trinajstić information content (AvgIpc) is 2.47. The van der Waals surface area contributed by atoms with Gasteiger partial charge < -0.3 is 16.8 Å². The van der Waals surface area contributed by atoms with Gasteiger partial charge in [0.25, 0.3) is 0 Å². The van der Waals surface area contributed by atoms with Crippen molar-refractivity contribution in [2.75, 3.05) is 16.8 Å². The number of rotatable bonds is 3. The van der Waals surface area contributed by atoms with Crippen LogP contribution < -0.4 is 16.8 Å². The van der Waals surface area contributed by atoms with Gasteiger partial charge in [-0.3, -0.25) is 0 Å². The fourth-order valence-corrected chi connectivity index (χ4v) is 2.28. The maximum atomic E-state index is 12.9. The van der Waals surface area contributed by atoms with E-state index in [0.717, 1.165) is 16.8 Å². The summed E-state index contributed by atoms with van der Waals surface area (Å²) in [5.41, 5.74) is 14.7. The van der Waals surface area contributed by atoms with Crippen molar-refractivity contribution in [1.82, 2.24) is 15.0 Å². The molecular weight excluding hydrogens is 283 g/mol. The molecule has 0 fully saturated rings. The highest BCUT2D eigenvalue weighted by Gasteiger charge is 2.11. The molecule has 0 saturated carbocycles. The Hall–Kier alpha value is -2.96. The van der Waals surface area contributed by atoms with Crippen molar-refractivity contribution in [3.05, 3.63) is 47.4 Å². The first-order valence-electron chi connectivity index (χ1n) is 6.71. The summed E-state index contributed by atoms with van der Waals surface area (Å²) in [6, 6.07) is 6.17. The number of hydrogen-bond acceptors (Lipinski definition) is 6. The van der Waals surface area contributed by atoms with E-state index in [2.05, 4.69) is 20.3 Å². The minimum atomic E-state index is -0.267. The van der Waals surface area contributed by atoms with Crippen LogP contribution in [0.3, 0.4) is 0 Å². The van der Waals surface area contributed by atoms with E-state index in [-0.39, 0.29) is 11.8 Å². The highest BCUT2D eigenvalue weighted by atomic mass is 19.1. The number of pyridine rings is 1. The van der Waals surface area contributed by atoms with Crippen molar-refractivity contribution < 1.29 is 4.39 Å². The first kappa shape index (κ1) is 14.0. The number of anilines is 3. The minimum Gasteiger partial charge on any atom is -0.383 e. The Morgan fingerprint density at radius 2 is 1.86 bits per heavy atom. The number of fused-ring (bicyclic) bond motifs is 1. The minimum absolute atomic E-state index is 0.106. The number of aromatic nitrogens is 3. The van der Waals surface area contributed by atoms with Crippen molar-refractivity contribution in [3.8, 4) is 0 Å². The van der Waals surface area contributed by atoms with E-state index < -0.39 is 0 Å². The molecule has 0 spiro atoms. The van der Waals surface area contributed by atoms with Crippen molar-refractivity contribution in [1.29, 1.82) is 0 Å². The quantitative estimate of drug-likeness (QED) is 0.685. The van der Waals surface area contributed by atoms with E-state index in [1.807, 2.05) is 6.92 Å². The first-order valence-corrected chi connectivity index (χ1v) is 6.71. The third kappa shape index (κ3) is 2.60. The van der Waals surface area contributed by atoms with Gasteiger partial charge in [-0.25, -0.2) is 9.37 Å². The molecule has 1 aromatic carbocycles. The number of nitrogens with one attached hydrogen (secondary N) is 1. The van der Waals surface area contributed by atoms with Crippen molar-refractivity contribution >= 4 is 28.5 Å². The number of nitrogens with zero attached hydrogens (tertiary/aromatic N) is 3. The Morgan fingerprint density at radius 3 is 2.59 bits per heavy atom. The molecule has 0 aliphatic heterocycles. The topological polar surface area (TPSA) is 103 Å². The normalized spacial score (nSPS) is 10.8. The zero-order valence-electron chi connectivity index (χ0n) is 12.0. The van der Waals surface area contributed by atoms with Gasteiger partial charge in [-0.05, 0) is 42.3 Å². The van der Waals surface area contributed by atoms with Crippen molar-refractivity contribution in [2.45, 2.75) is 13.5 Å². The molecule has 7 heteroatoms. The molecular formula is C15H15FN6. The Morgan fingerprint density at radius 1 is 1.14 bits per heavy atom. The van der Waals surface area contributed by atoms with Crippen LogP contribution in [-0.4, -0.2) is 15.0 Å². The second-order valence-corrected chi connectivity index (χ2v) is 4.93. The second kappa shape index (κ2) is 5.44. The van der Waals surface area contributed by atoms with Crippen molar-refractivity contribution in [2.24, 2.45) is 0 Å². The van der Waals surface area contributed by atoms with E-state index in [4.69, 9.17) is 11.5 Å². The Balaban J connectivity index is 1.91. The van der Waals surface area contributed by atoms with E-state index >= 15 is 0 Å². The fraction of sp³-hybridized carbons (Fsp3) is 0.133. The molecule has 0 bridgehead atoms. The summed E-state index contributed by atoms with van der Waals surface area (Å²) in [4.78, 5) is 12.3. The van der Waals surface area contributed by atoms with Crippen LogP contribution in [0.1, 0.15) is 11.1 Å². The lowest BCUT2D eigenvalue weighted by Crippen LogP contribution is -2.07. The molecule has 0 atom stereocenters. The summed E-state index contributed by atoms with van der Waals surface area (Å²) in [6.07, 6.45) is 1.72. The van der Waals surface area contributed by atoms with Gasteiger partial charge in [-0.15, -0.1) is 0 Å². The maximum absolute atomic E-state index is 12.9. The summed E-state index contributed by atoms with van der Waals surface area (Å²) in [5.74, 6) is 0.154. The largest absolute Gasteiger partial charge is 0.383 e. The summed E-state index contributed by atoms with van der Waals surface area (Å²) in [6.45, 7) is 2.46. The third-order valence-electron chi connectivity index (χ3n) is 3.46. The highest BCUT2D eigenvalue weighted by molar-refractivity contribution is 5.89. The summed E-state index contributed by atoms with van der Waals surface area (Å²) < 4.78 is 12.9. The highest BCUT2D eigenvalue weighted by Crippen LogP contribution is 2.24. The monoisotopic (exact) mass is 298 g/mol. The molecule has 3 aromatic rings. The van der Waals surface area contributed by atoms with Crippen molar-refractivity contribution in [3.63, 3.8) is 0 Å². The summed E-state index contributed by atoms with van der Waals surface area (Å²) in [7, 11) is 0. The number of hydrogen-bond donors (Lipinski definition) is 3. The fourth-order valence-electron chi connectivity index (χ4n) is 2.28. The molecule has 0 amide bonds. The number of halogens is 1. The smallest absolute Gasteiger partial charge is 0.224 e. The molecule has 0 saturated heterocycles. The molecule has 0 aliphatic rings. The van der Waals surface area contributed by atoms with E-state index in [0.29, 0.717) is 23.4 Å². The lowest BCUT2D eigenvalue weighted by atomic mass is 10.1. The number of aryl methyl sites for hydroxylation is 1. The molecule has 0 unspecified atom stereocenters. The van der Waals surface area contributed by atoms with Crippen LogP contribution in [0.15, 0.2) is 30.5 Å². The van der Waals surface area contributed by atoms with Gasteiger partial charge in [0.15, 0.2) is 5.65 Å². The molecule has 6 nitrogen and oxygen atoms in total. The van der Waals surface area contributed by atoms with Gasteiger partial charge in [-0.1, -0.05) is 0 Å². The summed E-state index contributed by atoms with van der Waals surface area (Å²) in [5, 5.41) is 3.91. The first-order chi connectivity index (χ1) is 10.5. The van der Waals surface area contributed by atoms with Gasteiger partial charge in [0, 0.05) is 18.4 Å². The molecule has 3 rings (SSSR count). The van der Waals surface area contributed by atoms with Gasteiger partial charge in [0.05, 0.1) is 5.39 Å². The zero-order valence-corrected chi connectivity index (χ0v) is 12.0. The van der Waals surface area contributed by atoms with Crippen LogP contribution in [0.4, 0.5) is 21.8 Å². The Bertz CT molecular complexity index is 832. The molecule has 0 radical (unpaired) electrons. The average molecular weight is 298 g/mol. The van der Waals surface area contributed by atoms with Crippen LogP contribution in [0.25, 0.3) is 11.0 Å². The van der Waals surface area contributed by atoms with Gasteiger partial charge in [0.2, 0.25) is 5.95 Å². The van der Waals surface area contributed by atoms with E-state index in [1.165, 1.54) is 12.1 Å². The van der Waals surface area contributed by atoms with E-state index in [9.17, 15) is 4.39 Å². The van der Waals surface area contributed by atoms with Gasteiger partial charge in [0.1, 0.15) is 11.6 Å². The van der Waals surface area contributed by atoms with Crippen LogP contribution in [0, 0.1) is 12.7 Å². The number of nitrogens with two attached hydrogens (primary N) is 2. The maximum Gasteiger partial charge on any atom is 0.224 e. The SMILES string of the molecule is Cc1c(CNc2ccc(F)cc2)cnc2nc(N)nc(N)c12. The van der Waals surface area contributed by atoms with Gasteiger partial charge >= 0.3 is 0 Å². The van der Waals surface area contributed by atoms with Gasteiger partial charge in [-0.2, -0.15) is 9.97 Å². The van der Waals surface area contributed by atoms with E-state index in [1.54, 1.807) is 18.3 Å².